The number of nitriles is 1. The standard InChI is InChI=1S/C17H14ClN3O3S/c18-14-5-6-16(21(23)24)15(9-14)17(22)20-7-8-25-11-13-4-2-1-3-12(13)10-19/h1-6,9H,7-8,11H2,(H,20,22). The zero-order valence-electron chi connectivity index (χ0n) is 13.1. The molecule has 2 rings (SSSR count). The Morgan fingerprint density at radius 2 is 2.08 bits per heavy atom. The first-order valence-electron chi connectivity index (χ1n) is 7.31. The Hall–Kier alpha value is -2.56. The van der Waals surface area contributed by atoms with Gasteiger partial charge in [-0.05, 0) is 23.8 Å². The van der Waals surface area contributed by atoms with Crippen LogP contribution in [0.2, 0.25) is 5.02 Å². The topological polar surface area (TPSA) is 96.0 Å². The molecule has 0 aliphatic carbocycles. The van der Waals surface area contributed by atoms with Gasteiger partial charge in [0.05, 0.1) is 16.6 Å². The summed E-state index contributed by atoms with van der Waals surface area (Å²) < 4.78 is 0. The van der Waals surface area contributed by atoms with Gasteiger partial charge in [-0.15, -0.1) is 0 Å². The number of hydrogen-bond acceptors (Lipinski definition) is 5. The number of nitrogens with zero attached hydrogens (tertiary/aromatic N) is 2. The van der Waals surface area contributed by atoms with Gasteiger partial charge < -0.3 is 5.32 Å². The van der Waals surface area contributed by atoms with E-state index in [2.05, 4.69) is 11.4 Å². The van der Waals surface area contributed by atoms with Gasteiger partial charge in [0, 0.05) is 29.1 Å². The predicted octanol–water partition coefficient (Wildman–Crippen LogP) is 3.78. The summed E-state index contributed by atoms with van der Waals surface area (Å²) in [5, 5.41) is 22.9. The van der Waals surface area contributed by atoms with Crippen molar-refractivity contribution in [3.05, 3.63) is 74.3 Å². The zero-order valence-corrected chi connectivity index (χ0v) is 14.6. The Morgan fingerprint density at radius 3 is 2.80 bits per heavy atom. The minimum atomic E-state index is -0.612. The third-order valence-corrected chi connectivity index (χ3v) is 4.57. The molecule has 0 heterocycles. The van der Waals surface area contributed by atoms with E-state index in [1.54, 1.807) is 17.8 Å². The van der Waals surface area contributed by atoms with Crippen LogP contribution in [0.4, 0.5) is 5.69 Å². The van der Waals surface area contributed by atoms with Crippen molar-refractivity contribution in [2.24, 2.45) is 0 Å². The first-order chi connectivity index (χ1) is 12.0. The van der Waals surface area contributed by atoms with E-state index in [0.717, 1.165) is 5.56 Å². The number of rotatable bonds is 7. The molecular weight excluding hydrogens is 362 g/mol. The molecule has 25 heavy (non-hydrogen) atoms. The molecule has 6 nitrogen and oxygen atoms in total. The van der Waals surface area contributed by atoms with Gasteiger partial charge in [-0.3, -0.25) is 14.9 Å². The minimum Gasteiger partial charge on any atom is -0.351 e. The average Bonchev–Trinajstić information content (AvgIpc) is 2.61. The fraction of sp³-hybridized carbons (Fsp3) is 0.176. The average molecular weight is 376 g/mol. The highest BCUT2D eigenvalue weighted by atomic mass is 35.5. The fourth-order valence-corrected chi connectivity index (χ4v) is 3.15. The summed E-state index contributed by atoms with van der Waals surface area (Å²) in [6.07, 6.45) is 0. The van der Waals surface area contributed by atoms with Gasteiger partial charge in [-0.2, -0.15) is 17.0 Å². The lowest BCUT2D eigenvalue weighted by Gasteiger charge is -2.07. The molecule has 1 N–H and O–H groups in total. The van der Waals surface area contributed by atoms with E-state index < -0.39 is 10.8 Å². The van der Waals surface area contributed by atoms with Gasteiger partial charge >= 0.3 is 0 Å². The van der Waals surface area contributed by atoms with Crippen LogP contribution in [0.25, 0.3) is 0 Å². The SMILES string of the molecule is N#Cc1ccccc1CSCCNC(=O)c1cc(Cl)ccc1[N+](=O)[O-]. The zero-order chi connectivity index (χ0) is 18.2. The van der Waals surface area contributed by atoms with Crippen LogP contribution in [-0.2, 0) is 5.75 Å². The highest BCUT2D eigenvalue weighted by Gasteiger charge is 2.20. The largest absolute Gasteiger partial charge is 0.351 e. The maximum atomic E-state index is 12.1. The second-order valence-corrected chi connectivity index (χ2v) is 6.54. The van der Waals surface area contributed by atoms with Crippen LogP contribution in [0.3, 0.4) is 0 Å². The monoisotopic (exact) mass is 375 g/mol. The molecule has 2 aromatic rings. The fourth-order valence-electron chi connectivity index (χ4n) is 2.12. The van der Waals surface area contributed by atoms with Crippen LogP contribution in [0.5, 0.6) is 0 Å². The van der Waals surface area contributed by atoms with E-state index in [1.807, 2.05) is 18.2 Å². The van der Waals surface area contributed by atoms with Crippen LogP contribution in [0.15, 0.2) is 42.5 Å². The minimum absolute atomic E-state index is 0.0580. The van der Waals surface area contributed by atoms with Crippen molar-refractivity contribution in [2.75, 3.05) is 12.3 Å². The predicted molar refractivity (Wildman–Crippen MR) is 97.8 cm³/mol. The summed E-state index contributed by atoms with van der Waals surface area (Å²) in [6, 6.07) is 13.3. The second kappa shape index (κ2) is 9.06. The van der Waals surface area contributed by atoms with E-state index in [4.69, 9.17) is 16.9 Å². The van der Waals surface area contributed by atoms with Crippen molar-refractivity contribution in [1.82, 2.24) is 5.32 Å². The summed E-state index contributed by atoms with van der Waals surface area (Å²) in [5.74, 6) is 0.726. The summed E-state index contributed by atoms with van der Waals surface area (Å²) in [5.41, 5.74) is 1.23. The van der Waals surface area contributed by atoms with Crippen molar-refractivity contribution in [3.8, 4) is 6.07 Å². The maximum absolute atomic E-state index is 12.1. The van der Waals surface area contributed by atoms with Gasteiger partial charge in [0.15, 0.2) is 0 Å². The number of nitrogens with one attached hydrogen (secondary N) is 1. The molecule has 0 radical (unpaired) electrons. The normalized spacial score (nSPS) is 10.1. The van der Waals surface area contributed by atoms with E-state index in [-0.39, 0.29) is 16.3 Å². The number of benzene rings is 2. The Bertz CT molecular complexity index is 836. The number of nitro benzene ring substituents is 1. The van der Waals surface area contributed by atoms with E-state index in [0.29, 0.717) is 23.6 Å². The maximum Gasteiger partial charge on any atom is 0.282 e. The Kier molecular flexibility index (Phi) is 6.81. The second-order valence-electron chi connectivity index (χ2n) is 5.00. The van der Waals surface area contributed by atoms with Crippen molar-refractivity contribution in [2.45, 2.75) is 5.75 Å². The summed E-state index contributed by atoms with van der Waals surface area (Å²) in [6.45, 7) is 0.349. The van der Waals surface area contributed by atoms with Gasteiger partial charge in [0.25, 0.3) is 11.6 Å². The smallest absolute Gasteiger partial charge is 0.282 e. The molecule has 1 amide bonds. The third-order valence-electron chi connectivity index (χ3n) is 3.33. The van der Waals surface area contributed by atoms with Gasteiger partial charge in [-0.1, -0.05) is 29.8 Å². The van der Waals surface area contributed by atoms with Crippen molar-refractivity contribution >= 4 is 35.0 Å². The molecule has 0 saturated carbocycles. The first kappa shape index (κ1) is 18.8. The molecule has 8 heteroatoms. The molecular formula is C17H14ClN3O3S. The molecule has 0 unspecified atom stereocenters. The Labute approximate surface area is 153 Å². The summed E-state index contributed by atoms with van der Waals surface area (Å²) in [7, 11) is 0. The van der Waals surface area contributed by atoms with E-state index in [1.165, 1.54) is 18.2 Å². The third kappa shape index (κ3) is 5.21. The molecule has 2 aromatic carbocycles. The summed E-state index contributed by atoms with van der Waals surface area (Å²) in [4.78, 5) is 22.5. The lowest BCUT2D eigenvalue weighted by Crippen LogP contribution is -2.26. The number of nitro groups is 1. The van der Waals surface area contributed by atoms with E-state index in [9.17, 15) is 14.9 Å². The van der Waals surface area contributed by atoms with Crippen LogP contribution in [-0.4, -0.2) is 23.1 Å². The summed E-state index contributed by atoms with van der Waals surface area (Å²) >= 11 is 7.37. The van der Waals surface area contributed by atoms with Crippen molar-refractivity contribution < 1.29 is 9.72 Å². The number of hydrogen-bond donors (Lipinski definition) is 1. The molecule has 0 saturated heterocycles. The van der Waals surface area contributed by atoms with Gasteiger partial charge in [0.1, 0.15) is 5.56 Å². The number of carbonyl (C=O) groups excluding carboxylic acids is 1. The molecule has 0 aliphatic rings. The van der Waals surface area contributed by atoms with Gasteiger partial charge in [-0.25, -0.2) is 0 Å². The van der Waals surface area contributed by atoms with Crippen LogP contribution in [0, 0.1) is 21.4 Å². The molecule has 0 fully saturated rings. The van der Waals surface area contributed by atoms with Gasteiger partial charge in [0.2, 0.25) is 0 Å². The Balaban J connectivity index is 1.86. The lowest BCUT2D eigenvalue weighted by atomic mass is 10.1. The first-order valence-corrected chi connectivity index (χ1v) is 8.84. The molecule has 128 valence electrons. The molecule has 0 atom stereocenters. The van der Waals surface area contributed by atoms with Crippen LogP contribution >= 0.6 is 23.4 Å². The number of amides is 1. The highest BCUT2D eigenvalue weighted by molar-refractivity contribution is 7.98. The number of thioether (sulfide) groups is 1. The van der Waals surface area contributed by atoms with Crippen molar-refractivity contribution in [3.63, 3.8) is 0 Å². The van der Waals surface area contributed by atoms with Crippen molar-refractivity contribution in [1.29, 1.82) is 5.26 Å². The molecule has 0 bridgehead atoms. The van der Waals surface area contributed by atoms with E-state index >= 15 is 0 Å². The molecule has 0 spiro atoms. The van der Waals surface area contributed by atoms with Crippen LogP contribution < -0.4 is 5.32 Å². The molecule has 0 aliphatic heterocycles. The quantitative estimate of drug-likeness (QED) is 0.451. The highest BCUT2D eigenvalue weighted by Crippen LogP contribution is 2.22. The molecule has 0 aromatic heterocycles. The Morgan fingerprint density at radius 1 is 1.32 bits per heavy atom. The number of halogens is 1. The number of carbonyl (C=O) groups is 1. The van der Waals surface area contributed by atoms with Crippen LogP contribution in [0.1, 0.15) is 21.5 Å². The lowest BCUT2D eigenvalue weighted by molar-refractivity contribution is -0.385.